The van der Waals surface area contributed by atoms with Crippen LogP contribution in [0.5, 0.6) is 5.75 Å². The lowest BCUT2D eigenvalue weighted by atomic mass is 10.1. The highest BCUT2D eigenvalue weighted by Gasteiger charge is 2.32. The number of anilines is 1. The first-order valence-corrected chi connectivity index (χ1v) is 6.36. The minimum absolute atomic E-state index is 0.222. The molecule has 0 amide bonds. The second-order valence-corrected chi connectivity index (χ2v) is 5.21. The molecular weight excluding hydrogens is 311 g/mol. The van der Waals surface area contributed by atoms with Gasteiger partial charge in [0, 0.05) is 11.0 Å². The van der Waals surface area contributed by atoms with Crippen LogP contribution in [-0.4, -0.2) is 12.9 Å². The molecule has 0 aromatic heterocycles. The van der Waals surface area contributed by atoms with Gasteiger partial charge in [0.25, 0.3) is 0 Å². The van der Waals surface area contributed by atoms with Gasteiger partial charge >= 0.3 is 6.36 Å². The van der Waals surface area contributed by atoms with Gasteiger partial charge in [-0.1, -0.05) is 29.8 Å². The molecule has 6 heteroatoms. The average Bonchev–Trinajstić information content (AvgIpc) is 2.18. The van der Waals surface area contributed by atoms with Crippen LogP contribution in [0, 0.1) is 5.92 Å². The fourth-order valence-corrected chi connectivity index (χ4v) is 1.69. The normalized spacial score (nSPS) is 11.7. The Kier molecular flexibility index (Phi) is 5.31. The monoisotopic (exact) mass is 325 g/mol. The Labute approximate surface area is 113 Å². The minimum Gasteiger partial charge on any atom is -0.404 e. The Morgan fingerprint density at radius 2 is 2.00 bits per heavy atom. The van der Waals surface area contributed by atoms with E-state index in [1.165, 1.54) is 6.07 Å². The molecule has 0 radical (unpaired) electrons. The van der Waals surface area contributed by atoms with Crippen molar-refractivity contribution in [1.82, 2.24) is 0 Å². The minimum atomic E-state index is -4.69. The Morgan fingerprint density at radius 3 is 2.56 bits per heavy atom. The van der Waals surface area contributed by atoms with E-state index < -0.39 is 6.36 Å². The molecule has 2 nitrogen and oxygen atoms in total. The summed E-state index contributed by atoms with van der Waals surface area (Å²) in [5.74, 6) is 0.264. The fourth-order valence-electron chi connectivity index (χ4n) is 1.35. The van der Waals surface area contributed by atoms with Crippen LogP contribution in [0.1, 0.15) is 20.3 Å². The predicted molar refractivity (Wildman–Crippen MR) is 68.8 cm³/mol. The van der Waals surface area contributed by atoms with Crippen molar-refractivity contribution < 1.29 is 17.9 Å². The first kappa shape index (κ1) is 15.1. The zero-order valence-corrected chi connectivity index (χ0v) is 11.7. The molecule has 18 heavy (non-hydrogen) atoms. The lowest BCUT2D eigenvalue weighted by Gasteiger charge is -2.15. The molecule has 0 aliphatic carbocycles. The Hall–Kier alpha value is -0.910. The van der Waals surface area contributed by atoms with Crippen LogP contribution in [0.15, 0.2) is 22.7 Å². The molecule has 0 aliphatic heterocycles. The second kappa shape index (κ2) is 6.31. The van der Waals surface area contributed by atoms with Crippen molar-refractivity contribution in [2.75, 3.05) is 11.9 Å². The van der Waals surface area contributed by atoms with E-state index in [1.807, 2.05) is 0 Å². The van der Waals surface area contributed by atoms with E-state index in [0.717, 1.165) is 6.42 Å². The van der Waals surface area contributed by atoms with E-state index in [9.17, 15) is 13.2 Å². The van der Waals surface area contributed by atoms with E-state index in [4.69, 9.17) is 0 Å². The summed E-state index contributed by atoms with van der Waals surface area (Å²) in [6.07, 6.45) is -3.81. The Bertz CT molecular complexity index is 393. The van der Waals surface area contributed by atoms with Crippen LogP contribution in [0.3, 0.4) is 0 Å². The summed E-state index contributed by atoms with van der Waals surface area (Å²) in [5, 5.41) is 2.95. The zero-order chi connectivity index (χ0) is 13.8. The maximum atomic E-state index is 12.2. The maximum Gasteiger partial charge on any atom is 0.573 e. The maximum absolute atomic E-state index is 12.2. The summed E-state index contributed by atoms with van der Waals surface area (Å²) in [7, 11) is 0. The molecule has 1 rings (SSSR count). The van der Waals surface area contributed by atoms with E-state index >= 15 is 0 Å². The van der Waals surface area contributed by atoms with Gasteiger partial charge in [0.2, 0.25) is 0 Å². The van der Waals surface area contributed by atoms with Crippen molar-refractivity contribution in [3.63, 3.8) is 0 Å². The highest BCUT2D eigenvalue weighted by molar-refractivity contribution is 9.10. The molecule has 1 aromatic carbocycles. The molecule has 0 fully saturated rings. The number of benzene rings is 1. The van der Waals surface area contributed by atoms with E-state index in [2.05, 4.69) is 39.8 Å². The highest BCUT2D eigenvalue weighted by Crippen LogP contribution is 2.32. The number of rotatable bonds is 5. The third kappa shape index (κ3) is 5.62. The number of hydrogen-bond acceptors (Lipinski definition) is 2. The number of alkyl halides is 3. The quantitative estimate of drug-likeness (QED) is 0.839. The molecule has 0 spiro atoms. The van der Waals surface area contributed by atoms with Crippen molar-refractivity contribution in [3.05, 3.63) is 22.7 Å². The summed E-state index contributed by atoms with van der Waals surface area (Å²) in [6, 6.07) is 4.53. The largest absolute Gasteiger partial charge is 0.573 e. The van der Waals surface area contributed by atoms with Crippen molar-refractivity contribution in [2.24, 2.45) is 5.92 Å². The predicted octanol–water partition coefficient (Wildman–Crippen LogP) is 4.81. The van der Waals surface area contributed by atoms with Crippen molar-refractivity contribution >= 4 is 21.6 Å². The standard InChI is InChI=1S/C12H15BrF3NO/c1-8(2)5-6-17-10-4-3-9(13)7-11(10)18-12(14,15)16/h3-4,7-8,17H,5-6H2,1-2H3. The molecule has 0 bridgehead atoms. The Balaban J connectivity index is 2.76. The molecule has 0 saturated carbocycles. The Morgan fingerprint density at radius 1 is 1.33 bits per heavy atom. The van der Waals surface area contributed by atoms with Crippen molar-refractivity contribution in [2.45, 2.75) is 26.6 Å². The smallest absolute Gasteiger partial charge is 0.404 e. The van der Waals surface area contributed by atoms with E-state index in [-0.39, 0.29) is 5.75 Å². The lowest BCUT2D eigenvalue weighted by molar-refractivity contribution is -0.274. The molecule has 1 aromatic rings. The molecule has 0 atom stereocenters. The van der Waals surface area contributed by atoms with Crippen LogP contribution >= 0.6 is 15.9 Å². The van der Waals surface area contributed by atoms with Gasteiger partial charge in [-0.05, 0) is 30.5 Å². The van der Waals surface area contributed by atoms with Gasteiger partial charge in [-0.3, -0.25) is 0 Å². The molecule has 0 unspecified atom stereocenters. The van der Waals surface area contributed by atoms with Crippen LogP contribution < -0.4 is 10.1 Å². The number of ether oxygens (including phenoxy) is 1. The average molecular weight is 326 g/mol. The van der Waals surface area contributed by atoms with Crippen molar-refractivity contribution in [1.29, 1.82) is 0 Å². The van der Waals surface area contributed by atoms with Crippen LogP contribution in [0.25, 0.3) is 0 Å². The number of halogens is 4. The summed E-state index contributed by atoms with van der Waals surface area (Å²) < 4.78 is 41.2. The first-order valence-electron chi connectivity index (χ1n) is 5.57. The molecular formula is C12H15BrF3NO. The van der Waals surface area contributed by atoms with Gasteiger partial charge in [0.05, 0.1) is 5.69 Å². The van der Waals surface area contributed by atoms with Crippen LogP contribution in [0.4, 0.5) is 18.9 Å². The molecule has 0 heterocycles. The molecule has 0 saturated heterocycles. The molecule has 102 valence electrons. The topological polar surface area (TPSA) is 21.3 Å². The van der Waals surface area contributed by atoms with Gasteiger partial charge in [-0.2, -0.15) is 0 Å². The van der Waals surface area contributed by atoms with Gasteiger partial charge in [-0.15, -0.1) is 13.2 Å². The second-order valence-electron chi connectivity index (χ2n) is 4.30. The summed E-state index contributed by atoms with van der Waals surface area (Å²) in [4.78, 5) is 0. The summed E-state index contributed by atoms with van der Waals surface area (Å²) >= 11 is 3.12. The lowest BCUT2D eigenvalue weighted by Crippen LogP contribution is -2.18. The van der Waals surface area contributed by atoms with E-state index in [0.29, 0.717) is 22.6 Å². The van der Waals surface area contributed by atoms with Gasteiger partial charge < -0.3 is 10.1 Å². The van der Waals surface area contributed by atoms with Gasteiger partial charge in [-0.25, -0.2) is 0 Å². The third-order valence-corrected chi connectivity index (χ3v) is 2.70. The van der Waals surface area contributed by atoms with Crippen molar-refractivity contribution in [3.8, 4) is 5.75 Å². The third-order valence-electron chi connectivity index (χ3n) is 2.21. The van der Waals surface area contributed by atoms with Gasteiger partial charge in [0.1, 0.15) is 0 Å². The highest BCUT2D eigenvalue weighted by atomic mass is 79.9. The fraction of sp³-hybridized carbons (Fsp3) is 0.500. The number of hydrogen-bond donors (Lipinski definition) is 1. The SMILES string of the molecule is CC(C)CCNc1ccc(Br)cc1OC(F)(F)F. The number of nitrogens with one attached hydrogen (secondary N) is 1. The van der Waals surface area contributed by atoms with Gasteiger partial charge in [0.15, 0.2) is 5.75 Å². The molecule has 1 N–H and O–H groups in total. The van der Waals surface area contributed by atoms with Crippen LogP contribution in [-0.2, 0) is 0 Å². The summed E-state index contributed by atoms with van der Waals surface area (Å²) in [5.41, 5.74) is 0.344. The van der Waals surface area contributed by atoms with Crippen LogP contribution in [0.2, 0.25) is 0 Å². The summed E-state index contributed by atoms with van der Waals surface area (Å²) in [6.45, 7) is 4.71. The first-order chi connectivity index (χ1) is 8.28. The van der Waals surface area contributed by atoms with E-state index in [1.54, 1.807) is 12.1 Å². The molecule has 0 aliphatic rings. The zero-order valence-electron chi connectivity index (χ0n) is 10.1.